The number of nitrogens with zero attached hydrogens (tertiary/aromatic N) is 3. The van der Waals surface area contributed by atoms with E-state index in [1.807, 2.05) is 19.1 Å². The number of hydrogen-bond acceptors (Lipinski definition) is 3. The zero-order valence-electron chi connectivity index (χ0n) is 13.7. The smallest absolute Gasteiger partial charge is 0.256 e. The molecule has 0 aliphatic rings. The minimum atomic E-state index is -0.354. The van der Waals surface area contributed by atoms with E-state index in [2.05, 4.69) is 15.4 Å². The monoisotopic (exact) mass is 358 g/mol. The molecular weight excluding hydrogens is 343 g/mol. The average Bonchev–Trinajstić information content (AvgIpc) is 2.91. The van der Waals surface area contributed by atoms with Crippen molar-refractivity contribution in [3.05, 3.63) is 76.6 Å². The minimum Gasteiger partial charge on any atom is -0.345 e. The van der Waals surface area contributed by atoms with Gasteiger partial charge in [-0.25, -0.2) is 9.07 Å². The number of hydrogen-bond donors (Lipinski definition) is 1. The Morgan fingerprint density at radius 2 is 1.84 bits per heavy atom. The highest BCUT2D eigenvalue weighted by Gasteiger charge is 2.22. The first kappa shape index (κ1) is 17.1. The van der Waals surface area contributed by atoms with Crippen molar-refractivity contribution < 1.29 is 9.18 Å². The van der Waals surface area contributed by atoms with Gasteiger partial charge < -0.3 is 5.32 Å². The lowest BCUT2D eigenvalue weighted by Crippen LogP contribution is -2.27. The third-order valence-electron chi connectivity index (χ3n) is 3.86. The van der Waals surface area contributed by atoms with Crippen LogP contribution < -0.4 is 5.32 Å². The van der Waals surface area contributed by atoms with Gasteiger partial charge in [0.15, 0.2) is 0 Å². The minimum absolute atomic E-state index is 0.184. The Kier molecular flexibility index (Phi) is 4.81. The van der Waals surface area contributed by atoms with Crippen molar-refractivity contribution in [2.75, 3.05) is 0 Å². The Balaban J connectivity index is 1.87. The van der Waals surface area contributed by atoms with Crippen LogP contribution in [0.2, 0.25) is 5.15 Å². The highest BCUT2D eigenvalue weighted by atomic mass is 35.5. The highest BCUT2D eigenvalue weighted by Crippen LogP contribution is 2.24. The summed E-state index contributed by atoms with van der Waals surface area (Å²) >= 11 is 6.36. The van der Waals surface area contributed by atoms with E-state index < -0.39 is 0 Å². The molecule has 0 saturated heterocycles. The number of nitrogens with one attached hydrogen (secondary N) is 1. The predicted molar refractivity (Wildman–Crippen MR) is 93.4 cm³/mol. The van der Waals surface area contributed by atoms with Gasteiger partial charge in [0.1, 0.15) is 11.0 Å². The Bertz CT molecular complexity index is 893. The lowest BCUT2D eigenvalue weighted by molar-refractivity contribution is 0.0939. The molecular formula is C18H16ClFN4O. The van der Waals surface area contributed by atoms with Gasteiger partial charge in [-0.05, 0) is 55.8 Å². The first-order chi connectivity index (χ1) is 12.0. The molecule has 1 aromatic carbocycles. The first-order valence-electron chi connectivity index (χ1n) is 7.69. The number of amides is 1. The normalized spacial score (nSPS) is 12.0. The molecule has 7 heteroatoms. The van der Waals surface area contributed by atoms with Gasteiger partial charge in [-0.15, -0.1) is 0 Å². The number of carbonyl (C=O) groups is 1. The summed E-state index contributed by atoms with van der Waals surface area (Å²) in [4.78, 5) is 16.6. The van der Waals surface area contributed by atoms with Crippen LogP contribution in [0.3, 0.4) is 0 Å². The van der Waals surface area contributed by atoms with Gasteiger partial charge >= 0.3 is 0 Å². The quantitative estimate of drug-likeness (QED) is 0.770. The third kappa shape index (κ3) is 3.53. The maximum Gasteiger partial charge on any atom is 0.256 e. The number of halogens is 2. The van der Waals surface area contributed by atoms with Crippen LogP contribution in [-0.2, 0) is 0 Å². The fraction of sp³-hybridized carbons (Fsp3) is 0.167. The number of benzene rings is 1. The van der Waals surface area contributed by atoms with E-state index in [1.165, 1.54) is 16.8 Å². The largest absolute Gasteiger partial charge is 0.345 e. The van der Waals surface area contributed by atoms with Gasteiger partial charge in [0.05, 0.1) is 23.0 Å². The van der Waals surface area contributed by atoms with E-state index in [0.29, 0.717) is 16.9 Å². The Morgan fingerprint density at radius 3 is 2.48 bits per heavy atom. The summed E-state index contributed by atoms with van der Waals surface area (Å²) in [6.45, 7) is 3.58. The number of aryl methyl sites for hydroxylation is 1. The van der Waals surface area contributed by atoms with Gasteiger partial charge in [0.25, 0.3) is 5.91 Å². The van der Waals surface area contributed by atoms with Crippen LogP contribution in [0.4, 0.5) is 4.39 Å². The molecule has 0 aliphatic heterocycles. The van der Waals surface area contributed by atoms with Crippen LogP contribution in [0.5, 0.6) is 0 Å². The molecule has 1 unspecified atom stereocenters. The number of rotatable bonds is 4. The molecule has 0 saturated carbocycles. The summed E-state index contributed by atoms with van der Waals surface area (Å²) in [5, 5.41) is 7.39. The topological polar surface area (TPSA) is 59.8 Å². The van der Waals surface area contributed by atoms with Crippen LogP contribution in [0, 0.1) is 12.7 Å². The number of carbonyl (C=O) groups excluding carboxylic acids is 1. The van der Waals surface area contributed by atoms with E-state index in [1.54, 1.807) is 31.5 Å². The second-order valence-corrected chi connectivity index (χ2v) is 5.97. The molecule has 1 amide bonds. The Hall–Kier alpha value is -2.73. The van der Waals surface area contributed by atoms with E-state index >= 15 is 0 Å². The summed E-state index contributed by atoms with van der Waals surface area (Å²) in [6, 6.07) is 9.19. The molecule has 25 heavy (non-hydrogen) atoms. The van der Waals surface area contributed by atoms with Gasteiger partial charge in [-0.3, -0.25) is 9.78 Å². The molecule has 0 bridgehead atoms. The summed E-state index contributed by atoms with van der Waals surface area (Å²) in [5.74, 6) is -0.673. The summed E-state index contributed by atoms with van der Waals surface area (Å²) in [6.07, 6.45) is 3.34. The molecule has 0 radical (unpaired) electrons. The molecule has 2 heterocycles. The molecule has 0 fully saturated rings. The fourth-order valence-electron chi connectivity index (χ4n) is 2.51. The van der Waals surface area contributed by atoms with E-state index in [9.17, 15) is 9.18 Å². The van der Waals surface area contributed by atoms with E-state index in [0.717, 1.165) is 5.56 Å². The Labute approximate surface area is 149 Å². The van der Waals surface area contributed by atoms with Gasteiger partial charge in [0.2, 0.25) is 0 Å². The predicted octanol–water partition coefficient (Wildman–Crippen LogP) is 3.86. The van der Waals surface area contributed by atoms with Crippen molar-refractivity contribution in [2.45, 2.75) is 19.9 Å². The third-order valence-corrected chi connectivity index (χ3v) is 4.21. The summed E-state index contributed by atoms with van der Waals surface area (Å²) in [7, 11) is 0. The van der Waals surface area contributed by atoms with Crippen molar-refractivity contribution >= 4 is 17.5 Å². The maximum absolute atomic E-state index is 13.1. The van der Waals surface area contributed by atoms with Crippen LogP contribution in [0.25, 0.3) is 5.69 Å². The zero-order chi connectivity index (χ0) is 18.0. The molecule has 0 spiro atoms. The number of aromatic nitrogens is 3. The first-order valence-corrected chi connectivity index (χ1v) is 8.07. The number of pyridine rings is 1. The molecule has 5 nitrogen and oxygen atoms in total. The second-order valence-electron chi connectivity index (χ2n) is 5.62. The molecule has 128 valence electrons. The van der Waals surface area contributed by atoms with Gasteiger partial charge in [-0.2, -0.15) is 5.10 Å². The lowest BCUT2D eigenvalue weighted by Gasteiger charge is -2.14. The molecule has 2 aromatic heterocycles. The van der Waals surface area contributed by atoms with E-state index in [-0.39, 0.29) is 22.9 Å². The van der Waals surface area contributed by atoms with Crippen molar-refractivity contribution in [1.29, 1.82) is 0 Å². The van der Waals surface area contributed by atoms with Crippen LogP contribution in [-0.4, -0.2) is 20.7 Å². The Morgan fingerprint density at radius 1 is 1.20 bits per heavy atom. The van der Waals surface area contributed by atoms with Gasteiger partial charge in [0, 0.05) is 12.4 Å². The van der Waals surface area contributed by atoms with E-state index in [4.69, 9.17) is 11.6 Å². The van der Waals surface area contributed by atoms with Crippen molar-refractivity contribution in [3.63, 3.8) is 0 Å². The summed E-state index contributed by atoms with van der Waals surface area (Å²) in [5.41, 5.74) is 2.31. The molecule has 3 aromatic rings. The SMILES string of the molecule is Cc1nn(-c2ccc(F)cc2)c(Cl)c1C(=O)NC(C)c1ccncc1. The fourth-order valence-corrected chi connectivity index (χ4v) is 2.87. The molecule has 0 aliphatic carbocycles. The summed E-state index contributed by atoms with van der Waals surface area (Å²) < 4.78 is 14.5. The van der Waals surface area contributed by atoms with Crippen LogP contribution in [0.1, 0.15) is 34.6 Å². The van der Waals surface area contributed by atoms with Crippen molar-refractivity contribution in [2.24, 2.45) is 0 Å². The molecule has 3 rings (SSSR count). The van der Waals surface area contributed by atoms with Crippen LogP contribution >= 0.6 is 11.6 Å². The zero-order valence-corrected chi connectivity index (χ0v) is 14.5. The second kappa shape index (κ2) is 7.03. The van der Waals surface area contributed by atoms with Crippen LogP contribution in [0.15, 0.2) is 48.8 Å². The van der Waals surface area contributed by atoms with Gasteiger partial charge in [-0.1, -0.05) is 11.6 Å². The lowest BCUT2D eigenvalue weighted by atomic mass is 10.1. The molecule has 1 atom stereocenters. The van der Waals surface area contributed by atoms with Crippen molar-refractivity contribution in [3.8, 4) is 5.69 Å². The van der Waals surface area contributed by atoms with Crippen molar-refractivity contribution in [1.82, 2.24) is 20.1 Å². The standard InChI is InChI=1S/C18H16ClFN4O/c1-11(13-7-9-21-10-8-13)22-18(25)16-12(2)23-24(17(16)19)15-5-3-14(20)4-6-15/h3-11H,1-2H3,(H,22,25). The highest BCUT2D eigenvalue weighted by molar-refractivity contribution is 6.33. The average molecular weight is 359 g/mol. The maximum atomic E-state index is 13.1. The molecule has 1 N–H and O–H groups in total.